The van der Waals surface area contributed by atoms with Crippen molar-refractivity contribution in [2.24, 2.45) is 0 Å². The van der Waals surface area contributed by atoms with E-state index in [4.69, 9.17) is 9.97 Å². The Balaban J connectivity index is 1.03. The number of hydrogen-bond donors (Lipinski definition) is 0. The number of fused-ring (bicyclic) bond motifs is 4. The van der Waals surface area contributed by atoms with Crippen molar-refractivity contribution >= 4 is 10.8 Å². The number of hydrogen-bond acceptors (Lipinski definition) is 2. The molecular weight excluding hydrogens is 665 g/mol. The van der Waals surface area contributed by atoms with Gasteiger partial charge in [-0.2, -0.15) is 0 Å². The molecule has 0 aliphatic heterocycles. The van der Waals surface area contributed by atoms with Crippen molar-refractivity contribution in [2.75, 3.05) is 0 Å². The van der Waals surface area contributed by atoms with Crippen LogP contribution in [0.5, 0.6) is 0 Å². The van der Waals surface area contributed by atoms with E-state index in [9.17, 15) is 0 Å². The Bertz CT molecular complexity index is 2810. The molecular formula is C53H38N2. The quantitative estimate of drug-likeness (QED) is 0.172. The Morgan fingerprint density at radius 1 is 0.327 bits per heavy atom. The van der Waals surface area contributed by atoms with E-state index in [0.717, 1.165) is 33.6 Å². The average Bonchev–Trinajstić information content (AvgIpc) is 3.49. The highest BCUT2D eigenvalue weighted by Crippen LogP contribution is 2.49. The van der Waals surface area contributed by atoms with Gasteiger partial charge in [-0.05, 0) is 84.6 Å². The van der Waals surface area contributed by atoms with Crippen molar-refractivity contribution < 1.29 is 0 Å². The second-order valence-electron chi connectivity index (χ2n) is 15.0. The normalized spacial score (nSPS) is 12.7. The van der Waals surface area contributed by atoms with Crippen LogP contribution in [0.3, 0.4) is 0 Å². The molecule has 1 aliphatic rings. The van der Waals surface area contributed by atoms with Gasteiger partial charge in [-0.1, -0.05) is 190 Å². The fourth-order valence-electron chi connectivity index (χ4n) is 8.46. The standard InChI is InChI=1S/C53H38N2/c1-53(2)47-25-10-9-22-45(47)46-31-30-41(33-48(46)53)40-20-11-21-42(32-40)44-24-13-19-38-18-12-23-43(51(38)44)35-26-28-39(29-27-35)52-54-49(36-14-5-3-6-15-36)34-50(55-52)37-16-7-4-8-17-37/h3-34H,1-2H3. The van der Waals surface area contributed by atoms with Gasteiger partial charge >= 0.3 is 0 Å². The maximum Gasteiger partial charge on any atom is 0.160 e. The molecule has 2 heteroatoms. The topological polar surface area (TPSA) is 25.8 Å². The van der Waals surface area contributed by atoms with Crippen molar-refractivity contribution in [3.63, 3.8) is 0 Å². The Labute approximate surface area is 322 Å². The Hall–Kier alpha value is -6.90. The zero-order chi connectivity index (χ0) is 36.9. The third kappa shape index (κ3) is 5.75. The van der Waals surface area contributed by atoms with Gasteiger partial charge < -0.3 is 0 Å². The largest absolute Gasteiger partial charge is 0.228 e. The van der Waals surface area contributed by atoms with Crippen LogP contribution in [0.1, 0.15) is 25.0 Å². The zero-order valence-electron chi connectivity index (χ0n) is 30.9. The lowest BCUT2D eigenvalue weighted by atomic mass is 9.81. The van der Waals surface area contributed by atoms with Crippen LogP contribution in [0, 0.1) is 0 Å². The first-order chi connectivity index (χ1) is 27.0. The van der Waals surface area contributed by atoms with E-state index in [-0.39, 0.29) is 5.41 Å². The summed E-state index contributed by atoms with van der Waals surface area (Å²) in [6, 6.07) is 69.6. The van der Waals surface area contributed by atoms with Crippen LogP contribution in [-0.4, -0.2) is 9.97 Å². The summed E-state index contributed by atoms with van der Waals surface area (Å²) in [4.78, 5) is 10.1. The van der Waals surface area contributed by atoms with E-state index in [0.29, 0.717) is 5.82 Å². The molecule has 260 valence electrons. The lowest BCUT2D eigenvalue weighted by Gasteiger charge is -2.22. The van der Waals surface area contributed by atoms with Gasteiger partial charge in [0.05, 0.1) is 11.4 Å². The van der Waals surface area contributed by atoms with Crippen LogP contribution in [0.2, 0.25) is 0 Å². The van der Waals surface area contributed by atoms with Gasteiger partial charge in [-0.15, -0.1) is 0 Å². The number of aromatic nitrogens is 2. The van der Waals surface area contributed by atoms with E-state index in [1.807, 2.05) is 12.1 Å². The summed E-state index contributed by atoms with van der Waals surface area (Å²) in [5.74, 6) is 0.709. The first-order valence-electron chi connectivity index (χ1n) is 19.0. The van der Waals surface area contributed by atoms with Gasteiger partial charge in [0.25, 0.3) is 0 Å². The van der Waals surface area contributed by atoms with Crippen LogP contribution in [0.4, 0.5) is 0 Å². The molecule has 0 N–H and O–H groups in total. The predicted octanol–water partition coefficient (Wildman–Crippen LogP) is 13.9. The minimum Gasteiger partial charge on any atom is -0.228 e. The summed E-state index contributed by atoms with van der Waals surface area (Å²) >= 11 is 0. The Morgan fingerprint density at radius 2 is 0.818 bits per heavy atom. The molecule has 0 saturated carbocycles. The lowest BCUT2D eigenvalue weighted by molar-refractivity contribution is 0.660. The van der Waals surface area contributed by atoms with Crippen LogP contribution < -0.4 is 0 Å². The van der Waals surface area contributed by atoms with E-state index in [1.165, 1.54) is 60.8 Å². The van der Waals surface area contributed by atoms with Crippen molar-refractivity contribution in [1.82, 2.24) is 9.97 Å². The number of rotatable bonds is 6. The lowest BCUT2D eigenvalue weighted by Crippen LogP contribution is -2.14. The first-order valence-corrected chi connectivity index (χ1v) is 19.0. The molecule has 0 radical (unpaired) electrons. The molecule has 8 aromatic carbocycles. The first kappa shape index (κ1) is 32.7. The second-order valence-corrected chi connectivity index (χ2v) is 15.0. The minimum atomic E-state index is -0.0410. The summed E-state index contributed by atoms with van der Waals surface area (Å²) in [5.41, 5.74) is 17.6. The fraction of sp³-hybridized carbons (Fsp3) is 0.0566. The van der Waals surface area contributed by atoms with Gasteiger partial charge in [0.2, 0.25) is 0 Å². The molecule has 55 heavy (non-hydrogen) atoms. The SMILES string of the molecule is CC1(C)c2ccccc2-c2ccc(-c3cccc(-c4cccc5cccc(-c6ccc(-c7nc(-c8ccccc8)cc(-c8ccccc8)n7)cc6)c45)c3)cc21. The van der Waals surface area contributed by atoms with Gasteiger partial charge in [0.15, 0.2) is 5.82 Å². The Kier molecular flexibility index (Phi) is 7.85. The highest BCUT2D eigenvalue weighted by atomic mass is 14.9. The van der Waals surface area contributed by atoms with Crippen molar-refractivity contribution in [2.45, 2.75) is 19.3 Å². The summed E-state index contributed by atoms with van der Waals surface area (Å²) < 4.78 is 0. The molecule has 0 bridgehead atoms. The molecule has 1 aliphatic carbocycles. The van der Waals surface area contributed by atoms with Crippen LogP contribution >= 0.6 is 0 Å². The highest BCUT2D eigenvalue weighted by Gasteiger charge is 2.35. The van der Waals surface area contributed by atoms with E-state index in [1.54, 1.807) is 0 Å². The molecule has 1 aromatic heterocycles. The van der Waals surface area contributed by atoms with Gasteiger partial charge in [0, 0.05) is 22.1 Å². The zero-order valence-corrected chi connectivity index (χ0v) is 30.9. The fourth-order valence-corrected chi connectivity index (χ4v) is 8.46. The minimum absolute atomic E-state index is 0.0410. The number of nitrogens with zero attached hydrogens (tertiary/aromatic N) is 2. The van der Waals surface area contributed by atoms with Gasteiger partial charge in [-0.3, -0.25) is 0 Å². The molecule has 0 spiro atoms. The van der Waals surface area contributed by atoms with Crippen LogP contribution in [-0.2, 0) is 5.41 Å². The molecule has 0 fully saturated rings. The third-order valence-corrected chi connectivity index (χ3v) is 11.3. The predicted molar refractivity (Wildman–Crippen MR) is 230 cm³/mol. The maximum atomic E-state index is 5.07. The number of benzene rings is 8. The average molecular weight is 703 g/mol. The molecule has 1 heterocycles. The highest BCUT2D eigenvalue weighted by molar-refractivity contribution is 6.06. The third-order valence-electron chi connectivity index (χ3n) is 11.3. The molecule has 2 nitrogen and oxygen atoms in total. The van der Waals surface area contributed by atoms with E-state index >= 15 is 0 Å². The van der Waals surface area contributed by atoms with Crippen molar-refractivity contribution in [3.05, 3.63) is 205 Å². The molecule has 0 unspecified atom stereocenters. The van der Waals surface area contributed by atoms with E-state index in [2.05, 4.69) is 196 Å². The maximum absolute atomic E-state index is 5.07. The van der Waals surface area contributed by atoms with Crippen LogP contribution in [0.25, 0.3) is 89.2 Å². The van der Waals surface area contributed by atoms with Gasteiger partial charge in [-0.25, -0.2) is 9.97 Å². The molecule has 0 amide bonds. The Morgan fingerprint density at radius 3 is 1.51 bits per heavy atom. The molecule has 10 rings (SSSR count). The summed E-state index contributed by atoms with van der Waals surface area (Å²) in [5, 5.41) is 2.46. The smallest absolute Gasteiger partial charge is 0.160 e. The van der Waals surface area contributed by atoms with Gasteiger partial charge in [0.1, 0.15) is 0 Å². The van der Waals surface area contributed by atoms with Crippen LogP contribution in [0.15, 0.2) is 194 Å². The second kappa shape index (κ2) is 13.2. The molecule has 0 atom stereocenters. The summed E-state index contributed by atoms with van der Waals surface area (Å²) in [7, 11) is 0. The van der Waals surface area contributed by atoms with Crippen molar-refractivity contribution in [3.8, 4) is 78.4 Å². The monoisotopic (exact) mass is 702 g/mol. The molecule has 0 saturated heterocycles. The summed E-state index contributed by atoms with van der Waals surface area (Å²) in [6.45, 7) is 4.69. The van der Waals surface area contributed by atoms with Crippen molar-refractivity contribution in [1.29, 1.82) is 0 Å². The molecule has 9 aromatic rings. The van der Waals surface area contributed by atoms with E-state index < -0.39 is 0 Å². The summed E-state index contributed by atoms with van der Waals surface area (Å²) in [6.07, 6.45) is 0.